The van der Waals surface area contributed by atoms with E-state index in [2.05, 4.69) is 11.4 Å². The van der Waals surface area contributed by atoms with Crippen molar-refractivity contribution in [2.75, 3.05) is 5.32 Å². The Labute approximate surface area is 62.4 Å². The number of benzene rings is 1. The average Bonchev–Trinajstić information content (AvgIpc) is 2.30. The van der Waals surface area contributed by atoms with Gasteiger partial charge in [0.25, 0.3) is 0 Å². The minimum Gasteiger partial charge on any atom is -0.196 e. The molecule has 53 valence electrons. The topological polar surface area (TPSA) is 49.2 Å². The molecule has 1 radical (unpaired) electrons. The van der Waals surface area contributed by atoms with Gasteiger partial charge in [-0.3, -0.25) is 0 Å². The predicted octanol–water partition coefficient (Wildman–Crippen LogP) is 1.44. The second-order valence-electron chi connectivity index (χ2n) is 2.15. The molecule has 0 saturated heterocycles. The quantitative estimate of drug-likeness (QED) is 0.566. The van der Waals surface area contributed by atoms with Gasteiger partial charge in [0.2, 0.25) is 5.69 Å². The maximum atomic E-state index is 10.9. The van der Waals surface area contributed by atoms with Gasteiger partial charge < -0.3 is 0 Å². The van der Waals surface area contributed by atoms with Crippen LogP contribution in [0.3, 0.4) is 0 Å². The van der Waals surface area contributed by atoms with Crippen LogP contribution in [0.2, 0.25) is 0 Å². The number of carbonyl (C=O) groups is 1. The van der Waals surface area contributed by atoms with Crippen LogP contribution in [0, 0.1) is 11.0 Å². The second kappa shape index (κ2) is 1.88. The Morgan fingerprint density at radius 1 is 1.55 bits per heavy atom. The molecule has 11 heavy (non-hydrogen) atoms. The molecule has 0 aliphatic carbocycles. The zero-order chi connectivity index (χ0) is 7.84. The number of urea groups is 1. The van der Waals surface area contributed by atoms with Crippen molar-refractivity contribution in [2.24, 2.45) is 0 Å². The smallest absolute Gasteiger partial charge is 0.196 e. The third-order valence-corrected chi connectivity index (χ3v) is 1.47. The van der Waals surface area contributed by atoms with Crippen molar-refractivity contribution in [3.63, 3.8) is 0 Å². The van der Waals surface area contributed by atoms with E-state index in [0.29, 0.717) is 16.1 Å². The summed E-state index contributed by atoms with van der Waals surface area (Å²) in [6.45, 7) is 0. The van der Waals surface area contributed by atoms with Gasteiger partial charge >= 0.3 is 6.03 Å². The van der Waals surface area contributed by atoms with Crippen LogP contribution in [0.5, 0.6) is 0 Å². The Bertz CT molecular complexity index is 346. The molecule has 1 N–H and O–H groups in total. The number of anilines is 1. The molecule has 0 aromatic heterocycles. The fourth-order valence-electron chi connectivity index (χ4n) is 0.964. The zero-order valence-corrected chi connectivity index (χ0v) is 5.50. The molecule has 0 bridgehead atoms. The van der Waals surface area contributed by atoms with Gasteiger partial charge in [-0.1, -0.05) is 11.0 Å². The molecule has 1 aromatic carbocycles. The van der Waals surface area contributed by atoms with Gasteiger partial charge in [-0.15, -0.1) is 0 Å². The fourth-order valence-corrected chi connectivity index (χ4v) is 0.964. The van der Waals surface area contributed by atoms with Crippen LogP contribution in [0.1, 0.15) is 0 Å². The minimum atomic E-state index is -0.651. The van der Waals surface area contributed by atoms with E-state index < -0.39 is 6.03 Å². The highest BCUT2D eigenvalue weighted by Gasteiger charge is 2.35. The van der Waals surface area contributed by atoms with Crippen LogP contribution in [0.4, 0.5) is 16.2 Å². The molecule has 1 aromatic rings. The molecular weight excluding hydrogens is 144 g/mol. The lowest BCUT2D eigenvalue weighted by Gasteiger charge is -1.82. The Morgan fingerprint density at radius 2 is 2.36 bits per heavy atom. The van der Waals surface area contributed by atoms with E-state index in [4.69, 9.17) is 0 Å². The first-order valence-corrected chi connectivity index (χ1v) is 3.08. The first-order valence-electron chi connectivity index (χ1n) is 3.08. The first-order chi connectivity index (χ1) is 5.29. The van der Waals surface area contributed by atoms with Gasteiger partial charge in [-0.25, -0.2) is 0 Å². The molecule has 0 fully saturated rings. The third kappa shape index (κ3) is 0.724. The van der Waals surface area contributed by atoms with Gasteiger partial charge in [-0.05, 0) is 12.1 Å². The molecule has 2 amide bonds. The molecule has 1 aliphatic rings. The van der Waals surface area contributed by atoms with Crippen molar-refractivity contribution < 1.29 is 9.55 Å². The van der Waals surface area contributed by atoms with Crippen molar-refractivity contribution in [3.05, 3.63) is 29.2 Å². The Balaban J connectivity index is 2.64. The SMILES string of the molecule is O=C1Nc2[c]cccc2[N+]1=O. The van der Waals surface area contributed by atoms with E-state index in [1.807, 2.05) is 0 Å². The lowest BCUT2D eigenvalue weighted by Crippen LogP contribution is -2.10. The fraction of sp³-hybridized carbons (Fsp3) is 0. The number of carbonyl (C=O) groups excluding carboxylic acids is 1. The largest absolute Gasteiger partial charge is 0.540 e. The number of nitrogens with one attached hydrogen (secondary N) is 1. The molecule has 4 nitrogen and oxygen atoms in total. The Kier molecular flexibility index (Phi) is 1.03. The van der Waals surface area contributed by atoms with Crippen molar-refractivity contribution in [1.82, 2.24) is 0 Å². The second-order valence-corrected chi connectivity index (χ2v) is 2.15. The molecule has 1 heterocycles. The summed E-state index contributed by atoms with van der Waals surface area (Å²) in [5.41, 5.74) is 0.782. The summed E-state index contributed by atoms with van der Waals surface area (Å²) >= 11 is 0. The van der Waals surface area contributed by atoms with Gasteiger partial charge in [0.1, 0.15) is 0 Å². The van der Waals surface area contributed by atoms with E-state index in [0.717, 1.165) is 0 Å². The number of para-hydroxylation sites is 1. The molecule has 0 spiro atoms. The standard InChI is InChI=1S/C7H3N2O2/c10-7-8-5-3-1-2-4-6(5)9(7)11/h1-2,4H/p+1. The van der Waals surface area contributed by atoms with Crippen molar-refractivity contribution in [2.45, 2.75) is 0 Å². The van der Waals surface area contributed by atoms with Crippen molar-refractivity contribution in [1.29, 1.82) is 0 Å². The molecule has 0 saturated carbocycles. The van der Waals surface area contributed by atoms with Gasteiger partial charge in [0.15, 0.2) is 5.69 Å². The summed E-state index contributed by atoms with van der Waals surface area (Å²) in [4.78, 5) is 21.6. The van der Waals surface area contributed by atoms with Crippen LogP contribution in [0.15, 0.2) is 18.2 Å². The number of amides is 2. The highest BCUT2D eigenvalue weighted by atomic mass is 16.3. The normalized spacial score (nSPS) is 14.5. The van der Waals surface area contributed by atoms with Gasteiger partial charge in [-0.2, -0.15) is 10.1 Å². The number of nitrogens with zero attached hydrogens (tertiary/aromatic N) is 1. The molecule has 0 atom stereocenters. The average molecular weight is 148 g/mol. The van der Waals surface area contributed by atoms with Crippen LogP contribution < -0.4 is 5.32 Å². The van der Waals surface area contributed by atoms with Crippen LogP contribution >= 0.6 is 0 Å². The minimum absolute atomic E-state index is 0.311. The lowest BCUT2D eigenvalue weighted by molar-refractivity contribution is -0.344. The number of hydrogen-bond acceptors (Lipinski definition) is 2. The predicted molar refractivity (Wildman–Crippen MR) is 37.6 cm³/mol. The van der Waals surface area contributed by atoms with Crippen LogP contribution in [-0.2, 0) is 0 Å². The highest BCUT2D eigenvalue weighted by molar-refractivity contribution is 5.93. The van der Waals surface area contributed by atoms with Gasteiger partial charge in [0, 0.05) is 6.07 Å². The van der Waals surface area contributed by atoms with E-state index in [-0.39, 0.29) is 0 Å². The number of hydrogen-bond donors (Lipinski definition) is 1. The Morgan fingerprint density at radius 3 is 3.09 bits per heavy atom. The molecule has 4 heteroatoms. The summed E-state index contributed by atoms with van der Waals surface area (Å²) < 4.78 is 0.311. The summed E-state index contributed by atoms with van der Waals surface area (Å²) in [5, 5.41) is 2.37. The monoisotopic (exact) mass is 148 g/mol. The maximum absolute atomic E-state index is 10.9. The highest BCUT2D eigenvalue weighted by Crippen LogP contribution is 2.28. The van der Waals surface area contributed by atoms with E-state index >= 15 is 0 Å². The summed E-state index contributed by atoms with van der Waals surface area (Å²) in [6, 6.07) is 6.95. The maximum Gasteiger partial charge on any atom is 0.540 e. The lowest BCUT2D eigenvalue weighted by atomic mass is 10.3. The van der Waals surface area contributed by atoms with E-state index in [9.17, 15) is 9.70 Å². The van der Waals surface area contributed by atoms with E-state index in [1.165, 1.54) is 0 Å². The number of rotatable bonds is 0. The summed E-state index contributed by atoms with van der Waals surface area (Å²) in [5.74, 6) is 0. The van der Waals surface area contributed by atoms with Crippen LogP contribution in [0.25, 0.3) is 0 Å². The molecular formula is C7H4N2O2+. The third-order valence-electron chi connectivity index (χ3n) is 1.47. The summed E-state index contributed by atoms with van der Waals surface area (Å²) in [7, 11) is 0. The van der Waals surface area contributed by atoms with Gasteiger partial charge in [0.05, 0.1) is 4.76 Å². The Hall–Kier alpha value is -1.71. The number of nitroso groups, excluding NO2 is 1. The van der Waals surface area contributed by atoms with E-state index in [1.54, 1.807) is 18.2 Å². The molecule has 0 unspecified atom stereocenters. The number of fused-ring (bicyclic) bond motifs is 1. The molecule has 1 aliphatic heterocycles. The van der Waals surface area contributed by atoms with Crippen molar-refractivity contribution >= 4 is 17.4 Å². The zero-order valence-electron chi connectivity index (χ0n) is 5.50. The van der Waals surface area contributed by atoms with Crippen LogP contribution in [-0.4, -0.2) is 10.8 Å². The first kappa shape index (κ1) is 6.03. The molecule has 2 rings (SSSR count). The summed E-state index contributed by atoms with van der Waals surface area (Å²) in [6.07, 6.45) is 0. The van der Waals surface area contributed by atoms with Crippen molar-refractivity contribution in [3.8, 4) is 0 Å².